The van der Waals surface area contributed by atoms with Crippen molar-refractivity contribution in [3.8, 4) is 0 Å². The van der Waals surface area contributed by atoms with Crippen molar-refractivity contribution in [3.63, 3.8) is 0 Å². The summed E-state index contributed by atoms with van der Waals surface area (Å²) >= 11 is 12.2. The molecule has 33 heavy (non-hydrogen) atoms. The fourth-order valence-electron chi connectivity index (χ4n) is 4.50. The van der Waals surface area contributed by atoms with Gasteiger partial charge in [0.2, 0.25) is 5.91 Å². The zero-order chi connectivity index (χ0) is 23.8. The number of carbonyl (C=O) groups is 2. The number of hydrogen-bond acceptors (Lipinski definition) is 5. The number of amides is 2. The van der Waals surface area contributed by atoms with Crippen LogP contribution in [0.3, 0.4) is 0 Å². The van der Waals surface area contributed by atoms with Crippen molar-refractivity contribution < 1.29 is 14.3 Å². The maximum atomic E-state index is 13.6. The van der Waals surface area contributed by atoms with Gasteiger partial charge in [-0.2, -0.15) is 0 Å². The van der Waals surface area contributed by atoms with E-state index in [0.717, 1.165) is 24.7 Å². The first-order chi connectivity index (χ1) is 15.6. The van der Waals surface area contributed by atoms with Crippen LogP contribution < -0.4 is 4.90 Å². The maximum Gasteiger partial charge on any atom is 0.411 e. The molecule has 0 N–H and O–H groups in total. The van der Waals surface area contributed by atoms with Gasteiger partial charge in [-0.15, -0.1) is 0 Å². The zero-order valence-corrected chi connectivity index (χ0v) is 21.2. The molecule has 0 unspecified atom stereocenters. The van der Waals surface area contributed by atoms with E-state index < -0.39 is 17.7 Å². The van der Waals surface area contributed by atoms with E-state index >= 15 is 0 Å². The van der Waals surface area contributed by atoms with Gasteiger partial charge in [-0.05, 0) is 57.7 Å². The lowest BCUT2D eigenvalue weighted by Crippen LogP contribution is -2.63. The maximum absolute atomic E-state index is 13.6. The highest BCUT2D eigenvalue weighted by Gasteiger charge is 2.41. The number of carbonyl (C=O) groups excluding carboxylic acids is 2. The summed E-state index contributed by atoms with van der Waals surface area (Å²) in [5.74, 6) is 0.749. The van der Waals surface area contributed by atoms with Crippen molar-refractivity contribution in [1.29, 1.82) is 0 Å². The Labute approximate surface area is 206 Å². The summed E-state index contributed by atoms with van der Waals surface area (Å²) in [7, 11) is 0. The van der Waals surface area contributed by atoms with E-state index in [0.29, 0.717) is 49.3 Å². The summed E-state index contributed by atoms with van der Waals surface area (Å²) in [5, 5.41) is 1.06. The molecule has 0 radical (unpaired) electrons. The number of piperazine rings is 2. The van der Waals surface area contributed by atoms with Crippen LogP contribution in [-0.4, -0.2) is 90.7 Å². The molecule has 0 aromatic heterocycles. The van der Waals surface area contributed by atoms with E-state index in [1.165, 1.54) is 12.8 Å². The smallest absolute Gasteiger partial charge is 0.411 e. The summed E-state index contributed by atoms with van der Waals surface area (Å²) in [6.07, 6.45) is 2.13. The fourth-order valence-corrected chi connectivity index (χ4v) is 4.79. The third-order valence-electron chi connectivity index (χ3n) is 6.45. The van der Waals surface area contributed by atoms with Crippen LogP contribution in [-0.2, 0) is 9.53 Å². The number of benzene rings is 1. The number of hydrogen-bond donors (Lipinski definition) is 0. The first-order valence-electron chi connectivity index (χ1n) is 11.8. The van der Waals surface area contributed by atoms with Crippen molar-refractivity contribution in [2.45, 2.75) is 45.3 Å². The summed E-state index contributed by atoms with van der Waals surface area (Å²) in [6, 6.07) is 5.10. The summed E-state index contributed by atoms with van der Waals surface area (Å²) < 4.78 is 5.64. The van der Waals surface area contributed by atoms with Gasteiger partial charge in [0.05, 0.1) is 10.0 Å². The van der Waals surface area contributed by atoms with Gasteiger partial charge in [0, 0.05) is 58.0 Å². The molecule has 3 aliphatic rings. The minimum Gasteiger partial charge on any atom is -0.444 e. The van der Waals surface area contributed by atoms with Gasteiger partial charge in [0.25, 0.3) is 0 Å². The van der Waals surface area contributed by atoms with Gasteiger partial charge in [0.1, 0.15) is 11.6 Å². The lowest BCUT2D eigenvalue weighted by Gasteiger charge is -2.44. The Morgan fingerprint density at radius 2 is 1.70 bits per heavy atom. The standard InChI is InChI=1S/C24H34Cl2N4O3/c1-24(2,3)33-23(32)30-13-8-27(15-17-4-5-17)16-21(30)22(31)29-11-9-28(10-12-29)18-6-7-19(25)20(26)14-18/h6-7,14,17,21H,4-5,8-13,15-16H2,1-3H3/t21-/m1/s1. The molecule has 1 saturated carbocycles. The molecule has 3 fully saturated rings. The highest BCUT2D eigenvalue weighted by molar-refractivity contribution is 6.42. The van der Waals surface area contributed by atoms with Crippen LogP contribution >= 0.6 is 23.2 Å². The molecule has 2 heterocycles. The topological polar surface area (TPSA) is 56.3 Å². The van der Waals surface area contributed by atoms with E-state index in [9.17, 15) is 9.59 Å². The molecule has 4 rings (SSSR count). The molecular formula is C24H34Cl2N4O3. The van der Waals surface area contributed by atoms with Crippen LogP contribution in [0.25, 0.3) is 0 Å². The molecule has 0 bridgehead atoms. The summed E-state index contributed by atoms with van der Waals surface area (Å²) in [5.41, 5.74) is 0.404. The van der Waals surface area contributed by atoms with E-state index in [1.807, 2.05) is 37.8 Å². The lowest BCUT2D eigenvalue weighted by atomic mass is 10.1. The predicted molar refractivity (Wildman–Crippen MR) is 131 cm³/mol. The fraction of sp³-hybridized carbons (Fsp3) is 0.667. The van der Waals surface area contributed by atoms with E-state index in [-0.39, 0.29) is 5.91 Å². The number of ether oxygens (including phenoxy) is 1. The van der Waals surface area contributed by atoms with Crippen molar-refractivity contribution in [1.82, 2.24) is 14.7 Å². The molecule has 1 aromatic rings. The molecule has 0 spiro atoms. The third-order valence-corrected chi connectivity index (χ3v) is 7.19. The van der Waals surface area contributed by atoms with Crippen LogP contribution in [0.15, 0.2) is 18.2 Å². The highest BCUT2D eigenvalue weighted by atomic mass is 35.5. The Morgan fingerprint density at radius 1 is 1.00 bits per heavy atom. The normalized spacial score (nSPS) is 22.5. The van der Waals surface area contributed by atoms with Gasteiger partial charge in [-0.3, -0.25) is 14.6 Å². The average Bonchev–Trinajstić information content (AvgIpc) is 3.58. The minimum absolute atomic E-state index is 0.00939. The largest absolute Gasteiger partial charge is 0.444 e. The molecule has 1 atom stereocenters. The van der Waals surface area contributed by atoms with Gasteiger partial charge >= 0.3 is 6.09 Å². The molecule has 7 nitrogen and oxygen atoms in total. The van der Waals surface area contributed by atoms with E-state index in [4.69, 9.17) is 27.9 Å². The van der Waals surface area contributed by atoms with Crippen LogP contribution in [0.2, 0.25) is 10.0 Å². The van der Waals surface area contributed by atoms with Gasteiger partial charge in [-0.1, -0.05) is 23.2 Å². The quantitative estimate of drug-likeness (QED) is 0.630. The molecule has 9 heteroatoms. The molecule has 1 aliphatic carbocycles. The second-order valence-electron chi connectivity index (χ2n) is 10.3. The number of nitrogens with zero attached hydrogens (tertiary/aromatic N) is 4. The molecule has 182 valence electrons. The number of halogens is 2. The summed E-state index contributed by atoms with van der Waals surface area (Å²) in [4.78, 5) is 34.6. The Hall–Kier alpha value is -1.70. The van der Waals surface area contributed by atoms with Gasteiger partial charge in [0.15, 0.2) is 0 Å². The zero-order valence-electron chi connectivity index (χ0n) is 19.7. The Balaban J connectivity index is 1.42. The SMILES string of the molecule is CC(C)(C)OC(=O)N1CCN(CC2CC2)C[C@@H]1C(=O)N1CCN(c2ccc(Cl)c(Cl)c2)CC1. The van der Waals surface area contributed by atoms with Crippen LogP contribution in [0.5, 0.6) is 0 Å². The molecule has 1 aromatic carbocycles. The van der Waals surface area contributed by atoms with Crippen LogP contribution in [0.4, 0.5) is 10.5 Å². The van der Waals surface area contributed by atoms with E-state index in [2.05, 4.69) is 9.80 Å². The highest BCUT2D eigenvalue weighted by Crippen LogP contribution is 2.31. The molecule has 2 amide bonds. The third kappa shape index (κ3) is 6.25. The lowest BCUT2D eigenvalue weighted by molar-refractivity contribution is -0.139. The first kappa shape index (κ1) is 24.4. The minimum atomic E-state index is -0.596. The van der Waals surface area contributed by atoms with Gasteiger partial charge < -0.3 is 14.5 Å². The predicted octanol–water partition coefficient (Wildman–Crippen LogP) is 3.97. The molecule has 2 saturated heterocycles. The van der Waals surface area contributed by atoms with Crippen molar-refractivity contribution in [2.75, 3.05) is 57.3 Å². The van der Waals surface area contributed by atoms with Crippen molar-refractivity contribution >= 4 is 40.9 Å². The molecule has 2 aliphatic heterocycles. The van der Waals surface area contributed by atoms with E-state index in [1.54, 1.807) is 11.0 Å². The number of anilines is 1. The first-order valence-corrected chi connectivity index (χ1v) is 12.6. The number of rotatable bonds is 4. The Bertz CT molecular complexity index is 879. The second kappa shape index (κ2) is 9.88. The van der Waals surface area contributed by atoms with Gasteiger partial charge in [-0.25, -0.2) is 4.79 Å². The Morgan fingerprint density at radius 3 is 2.30 bits per heavy atom. The van der Waals surface area contributed by atoms with Crippen molar-refractivity contribution in [2.24, 2.45) is 5.92 Å². The second-order valence-corrected chi connectivity index (χ2v) is 11.1. The molecular weight excluding hydrogens is 463 g/mol. The summed E-state index contributed by atoms with van der Waals surface area (Å²) in [6.45, 7) is 11.0. The monoisotopic (exact) mass is 496 g/mol. The van der Waals surface area contributed by atoms with Crippen LogP contribution in [0, 0.1) is 5.92 Å². The van der Waals surface area contributed by atoms with Crippen molar-refractivity contribution in [3.05, 3.63) is 28.2 Å². The average molecular weight is 497 g/mol. The van der Waals surface area contributed by atoms with Crippen LogP contribution in [0.1, 0.15) is 33.6 Å². The Kier molecular flexibility index (Phi) is 7.32.